The Morgan fingerprint density at radius 3 is 2.86 bits per heavy atom. The van der Waals surface area contributed by atoms with E-state index in [0.29, 0.717) is 30.3 Å². The highest BCUT2D eigenvalue weighted by Crippen LogP contribution is 2.28. The van der Waals surface area contributed by atoms with Crippen molar-refractivity contribution in [1.29, 1.82) is 5.26 Å². The zero-order valence-corrected chi connectivity index (χ0v) is 16.4. The van der Waals surface area contributed by atoms with Gasteiger partial charge < -0.3 is 19.5 Å². The molecule has 9 nitrogen and oxygen atoms in total. The minimum absolute atomic E-state index is 0.169. The van der Waals surface area contributed by atoms with Gasteiger partial charge in [0, 0.05) is 12.5 Å². The van der Waals surface area contributed by atoms with Crippen LogP contribution < -0.4 is 10.1 Å². The van der Waals surface area contributed by atoms with Crippen molar-refractivity contribution in [2.75, 3.05) is 39.4 Å². The number of methoxy groups -OCH3 is 2. The monoisotopic (exact) mass is 395 g/mol. The Kier molecular flexibility index (Phi) is 6.39. The average Bonchev–Trinajstić information content (AvgIpc) is 3.13. The van der Waals surface area contributed by atoms with E-state index >= 15 is 0 Å². The number of anilines is 1. The third-order valence-corrected chi connectivity index (χ3v) is 4.25. The summed E-state index contributed by atoms with van der Waals surface area (Å²) in [4.78, 5) is 16.9. The molecule has 0 aliphatic heterocycles. The number of nitriles is 1. The Balaban J connectivity index is 1.97. The molecule has 0 atom stereocenters. The Bertz CT molecular complexity index is 1070. The van der Waals surface area contributed by atoms with Crippen molar-refractivity contribution in [3.63, 3.8) is 0 Å². The molecular formula is C20H21N5O4. The molecule has 3 rings (SSSR count). The van der Waals surface area contributed by atoms with E-state index in [1.54, 1.807) is 14.2 Å². The van der Waals surface area contributed by atoms with E-state index < -0.39 is 5.91 Å². The van der Waals surface area contributed by atoms with Gasteiger partial charge in [-0.3, -0.25) is 4.79 Å². The third kappa shape index (κ3) is 4.34. The first-order valence-corrected chi connectivity index (χ1v) is 8.88. The molecule has 9 heteroatoms. The Hall–Kier alpha value is -3.48. The highest BCUT2D eigenvalue weighted by molar-refractivity contribution is 5.92. The lowest BCUT2D eigenvalue weighted by atomic mass is 10.1. The molecule has 0 radical (unpaired) electrons. The molecule has 29 heavy (non-hydrogen) atoms. The van der Waals surface area contributed by atoms with Gasteiger partial charge in [-0.15, -0.1) is 0 Å². The molecule has 0 bridgehead atoms. The number of fused-ring (bicyclic) bond motifs is 1. The number of hydrogen-bond acceptors (Lipinski definition) is 7. The summed E-state index contributed by atoms with van der Waals surface area (Å²) in [6, 6.07) is 9.53. The van der Waals surface area contributed by atoms with E-state index in [4.69, 9.17) is 14.2 Å². The molecule has 0 spiro atoms. The van der Waals surface area contributed by atoms with Crippen LogP contribution in [0.3, 0.4) is 0 Å². The number of ether oxygens (including phenoxy) is 3. The Labute approximate surface area is 167 Å². The molecule has 3 aromatic rings. The van der Waals surface area contributed by atoms with Crippen LogP contribution in [0, 0.1) is 18.3 Å². The zero-order valence-electron chi connectivity index (χ0n) is 16.4. The SMILES string of the molecule is COCCOCC(=O)Nc1c(C#N)cnn1-c1cc(C)c2cccc(OC)c2n1. The molecule has 0 aliphatic carbocycles. The van der Waals surface area contributed by atoms with Crippen molar-refractivity contribution in [3.05, 3.63) is 41.6 Å². The number of carbonyl (C=O) groups is 1. The molecule has 2 aromatic heterocycles. The summed E-state index contributed by atoms with van der Waals surface area (Å²) in [5.74, 6) is 0.900. The topological polar surface area (TPSA) is 111 Å². The maximum absolute atomic E-state index is 12.2. The second-order valence-electron chi connectivity index (χ2n) is 6.18. The van der Waals surface area contributed by atoms with Gasteiger partial charge in [0.1, 0.15) is 29.5 Å². The molecule has 0 fully saturated rings. The molecule has 1 aromatic carbocycles. The predicted octanol–water partition coefficient (Wildman–Crippen LogP) is 2.21. The van der Waals surface area contributed by atoms with E-state index in [1.165, 1.54) is 10.9 Å². The van der Waals surface area contributed by atoms with Gasteiger partial charge in [-0.05, 0) is 24.6 Å². The second kappa shape index (κ2) is 9.14. The van der Waals surface area contributed by atoms with Gasteiger partial charge in [0.25, 0.3) is 5.91 Å². The molecule has 0 saturated carbocycles. The molecule has 0 unspecified atom stereocenters. The van der Waals surface area contributed by atoms with Gasteiger partial charge in [-0.1, -0.05) is 12.1 Å². The number of carbonyl (C=O) groups excluding carboxylic acids is 1. The van der Waals surface area contributed by atoms with E-state index in [-0.39, 0.29) is 18.0 Å². The molecule has 0 saturated heterocycles. The van der Waals surface area contributed by atoms with Gasteiger partial charge in [0.15, 0.2) is 11.6 Å². The van der Waals surface area contributed by atoms with Gasteiger partial charge in [-0.2, -0.15) is 15.0 Å². The van der Waals surface area contributed by atoms with Crippen molar-refractivity contribution in [2.24, 2.45) is 0 Å². The predicted molar refractivity (Wildman–Crippen MR) is 106 cm³/mol. The van der Waals surface area contributed by atoms with Crippen LogP contribution in [0.2, 0.25) is 0 Å². The minimum Gasteiger partial charge on any atom is -0.494 e. The number of aryl methyl sites for hydroxylation is 1. The normalized spacial score (nSPS) is 10.7. The Morgan fingerprint density at radius 1 is 1.31 bits per heavy atom. The van der Waals surface area contributed by atoms with Gasteiger partial charge in [0.05, 0.1) is 26.5 Å². The lowest BCUT2D eigenvalue weighted by Crippen LogP contribution is -2.22. The average molecular weight is 395 g/mol. The number of aromatic nitrogens is 3. The van der Waals surface area contributed by atoms with Crippen LogP contribution in [-0.4, -0.2) is 54.7 Å². The van der Waals surface area contributed by atoms with Crippen molar-refractivity contribution in [3.8, 4) is 17.6 Å². The number of hydrogen-bond donors (Lipinski definition) is 1. The van der Waals surface area contributed by atoms with Crippen LogP contribution in [0.25, 0.3) is 16.7 Å². The summed E-state index contributed by atoms with van der Waals surface area (Å²) in [5, 5.41) is 17.3. The number of amides is 1. The summed E-state index contributed by atoms with van der Waals surface area (Å²) in [7, 11) is 3.13. The van der Waals surface area contributed by atoms with Crippen LogP contribution in [0.4, 0.5) is 5.82 Å². The summed E-state index contributed by atoms with van der Waals surface area (Å²) in [6.07, 6.45) is 1.38. The highest BCUT2D eigenvalue weighted by atomic mass is 16.5. The largest absolute Gasteiger partial charge is 0.494 e. The van der Waals surface area contributed by atoms with Gasteiger partial charge in [-0.25, -0.2) is 4.98 Å². The first-order chi connectivity index (χ1) is 14.1. The first-order valence-electron chi connectivity index (χ1n) is 8.88. The van der Waals surface area contributed by atoms with Gasteiger partial charge >= 0.3 is 0 Å². The fourth-order valence-corrected chi connectivity index (χ4v) is 2.85. The number of benzene rings is 1. The number of pyridine rings is 1. The zero-order chi connectivity index (χ0) is 20.8. The number of nitrogens with one attached hydrogen (secondary N) is 1. The first kappa shape index (κ1) is 20.3. The number of rotatable bonds is 8. The maximum Gasteiger partial charge on any atom is 0.251 e. The van der Waals surface area contributed by atoms with E-state index in [1.807, 2.05) is 37.3 Å². The van der Waals surface area contributed by atoms with E-state index in [0.717, 1.165) is 10.9 Å². The fraction of sp³-hybridized carbons (Fsp3) is 0.300. The number of para-hydroxylation sites is 1. The highest BCUT2D eigenvalue weighted by Gasteiger charge is 2.18. The summed E-state index contributed by atoms with van der Waals surface area (Å²) < 4.78 is 16.9. The lowest BCUT2D eigenvalue weighted by molar-refractivity contribution is -0.121. The molecule has 150 valence electrons. The summed E-state index contributed by atoms with van der Waals surface area (Å²) >= 11 is 0. The number of nitrogens with zero attached hydrogens (tertiary/aromatic N) is 4. The van der Waals surface area contributed by atoms with Crippen LogP contribution in [0.15, 0.2) is 30.5 Å². The van der Waals surface area contributed by atoms with E-state index in [9.17, 15) is 10.1 Å². The summed E-state index contributed by atoms with van der Waals surface area (Å²) in [5.41, 5.74) is 1.84. The van der Waals surface area contributed by atoms with Gasteiger partial charge in [0.2, 0.25) is 0 Å². The minimum atomic E-state index is -0.408. The van der Waals surface area contributed by atoms with Crippen molar-refractivity contribution in [2.45, 2.75) is 6.92 Å². The molecule has 1 N–H and O–H groups in total. The van der Waals surface area contributed by atoms with E-state index in [2.05, 4.69) is 15.4 Å². The van der Waals surface area contributed by atoms with Crippen molar-refractivity contribution in [1.82, 2.24) is 14.8 Å². The van der Waals surface area contributed by atoms with Crippen LogP contribution in [0.5, 0.6) is 5.75 Å². The lowest BCUT2D eigenvalue weighted by Gasteiger charge is -2.12. The molecule has 0 aliphatic rings. The van der Waals surface area contributed by atoms with Crippen LogP contribution in [0.1, 0.15) is 11.1 Å². The van der Waals surface area contributed by atoms with Crippen LogP contribution >= 0.6 is 0 Å². The fourth-order valence-electron chi connectivity index (χ4n) is 2.85. The maximum atomic E-state index is 12.2. The molecular weight excluding hydrogens is 374 g/mol. The van der Waals surface area contributed by atoms with Crippen molar-refractivity contribution < 1.29 is 19.0 Å². The summed E-state index contributed by atoms with van der Waals surface area (Å²) in [6.45, 7) is 2.46. The van der Waals surface area contributed by atoms with Crippen molar-refractivity contribution >= 4 is 22.6 Å². The smallest absolute Gasteiger partial charge is 0.251 e. The third-order valence-electron chi connectivity index (χ3n) is 4.25. The molecule has 1 amide bonds. The molecule has 2 heterocycles. The second-order valence-corrected chi connectivity index (χ2v) is 6.18. The standard InChI is InChI=1S/C20H21N5O4/c1-13-9-17(23-19-15(13)5-4-6-16(19)28-3)25-20(14(10-21)11-22-25)24-18(26)12-29-8-7-27-2/h4-6,9,11H,7-8,12H2,1-3H3,(H,24,26). The quantitative estimate of drug-likeness (QED) is 0.582. The van der Waals surface area contributed by atoms with Crippen LogP contribution in [-0.2, 0) is 14.3 Å². The Morgan fingerprint density at radius 2 is 2.14 bits per heavy atom.